The quantitative estimate of drug-likeness (QED) is 0.498. The fourth-order valence-corrected chi connectivity index (χ4v) is 2.22. The van der Waals surface area contributed by atoms with Gasteiger partial charge in [-0.2, -0.15) is 0 Å². The summed E-state index contributed by atoms with van der Waals surface area (Å²) in [5.74, 6) is 1.90. The SMILES string of the molecule is C1CC2OC1=C1COCC12. The summed E-state index contributed by atoms with van der Waals surface area (Å²) < 4.78 is 11.0. The van der Waals surface area contributed by atoms with Crippen molar-refractivity contribution < 1.29 is 9.47 Å². The summed E-state index contributed by atoms with van der Waals surface area (Å²) in [6, 6.07) is 0. The van der Waals surface area contributed by atoms with E-state index in [1.54, 1.807) is 0 Å². The molecule has 0 saturated carbocycles. The molecule has 54 valence electrons. The van der Waals surface area contributed by atoms with Crippen LogP contribution in [0.1, 0.15) is 12.8 Å². The molecule has 3 heterocycles. The highest BCUT2D eigenvalue weighted by molar-refractivity contribution is 5.26. The molecule has 0 aromatic rings. The van der Waals surface area contributed by atoms with Crippen LogP contribution in [-0.4, -0.2) is 19.3 Å². The third kappa shape index (κ3) is 0.451. The molecule has 3 rings (SSSR count). The van der Waals surface area contributed by atoms with Crippen LogP contribution in [0, 0.1) is 5.92 Å². The molecule has 2 fully saturated rings. The fraction of sp³-hybridized carbons (Fsp3) is 0.750. The van der Waals surface area contributed by atoms with Crippen molar-refractivity contribution in [3.63, 3.8) is 0 Å². The predicted octanol–water partition coefficient (Wildman–Crippen LogP) is 1.08. The first-order valence-corrected chi connectivity index (χ1v) is 3.91. The van der Waals surface area contributed by atoms with Crippen molar-refractivity contribution in [2.75, 3.05) is 13.2 Å². The van der Waals surface area contributed by atoms with E-state index in [1.165, 1.54) is 24.2 Å². The van der Waals surface area contributed by atoms with E-state index < -0.39 is 0 Å². The Labute approximate surface area is 59.8 Å². The molecule has 2 heteroatoms. The van der Waals surface area contributed by atoms with Gasteiger partial charge < -0.3 is 9.47 Å². The predicted molar refractivity (Wildman–Crippen MR) is 35.4 cm³/mol. The van der Waals surface area contributed by atoms with Gasteiger partial charge in [-0.3, -0.25) is 0 Å². The van der Waals surface area contributed by atoms with Gasteiger partial charge in [0.25, 0.3) is 0 Å². The number of ether oxygens (including phenoxy) is 2. The van der Waals surface area contributed by atoms with Crippen molar-refractivity contribution in [3.8, 4) is 0 Å². The minimum Gasteiger partial charge on any atom is -0.494 e. The average Bonchev–Trinajstić information content (AvgIpc) is 2.60. The van der Waals surface area contributed by atoms with Crippen LogP contribution in [0.3, 0.4) is 0 Å². The summed E-state index contributed by atoms with van der Waals surface area (Å²) in [6.07, 6.45) is 2.89. The van der Waals surface area contributed by atoms with Gasteiger partial charge >= 0.3 is 0 Å². The van der Waals surface area contributed by atoms with Gasteiger partial charge in [0.05, 0.1) is 19.0 Å². The van der Waals surface area contributed by atoms with E-state index in [0.29, 0.717) is 12.0 Å². The van der Waals surface area contributed by atoms with Crippen LogP contribution in [0.2, 0.25) is 0 Å². The highest BCUT2D eigenvalue weighted by Crippen LogP contribution is 2.44. The molecule has 3 aliphatic rings. The summed E-state index contributed by atoms with van der Waals surface area (Å²) in [6.45, 7) is 1.75. The maximum atomic E-state index is 5.64. The molecule has 0 aromatic heterocycles. The summed E-state index contributed by atoms with van der Waals surface area (Å²) in [4.78, 5) is 0. The normalized spacial score (nSPS) is 42.4. The highest BCUT2D eigenvalue weighted by Gasteiger charge is 2.44. The number of hydrogen-bond donors (Lipinski definition) is 0. The Hall–Kier alpha value is -0.500. The molecule has 0 aromatic carbocycles. The third-order valence-corrected chi connectivity index (χ3v) is 2.76. The molecule has 0 radical (unpaired) electrons. The largest absolute Gasteiger partial charge is 0.494 e. The van der Waals surface area contributed by atoms with Gasteiger partial charge in [-0.05, 0) is 6.42 Å². The molecule has 2 unspecified atom stereocenters. The Morgan fingerprint density at radius 1 is 1.40 bits per heavy atom. The summed E-state index contributed by atoms with van der Waals surface area (Å²) in [5.41, 5.74) is 1.47. The minimum absolute atomic E-state index is 0.493. The topological polar surface area (TPSA) is 18.5 Å². The fourth-order valence-electron chi connectivity index (χ4n) is 2.22. The Morgan fingerprint density at radius 3 is 3.30 bits per heavy atom. The van der Waals surface area contributed by atoms with Crippen molar-refractivity contribution >= 4 is 0 Å². The monoisotopic (exact) mass is 138 g/mol. The maximum absolute atomic E-state index is 5.64. The molecule has 0 aliphatic carbocycles. The number of rotatable bonds is 0. The van der Waals surface area contributed by atoms with Crippen LogP contribution in [0.5, 0.6) is 0 Å². The van der Waals surface area contributed by atoms with E-state index in [4.69, 9.17) is 9.47 Å². The van der Waals surface area contributed by atoms with Gasteiger partial charge in [0.2, 0.25) is 0 Å². The van der Waals surface area contributed by atoms with Gasteiger partial charge in [0.15, 0.2) is 0 Å². The Morgan fingerprint density at radius 2 is 2.40 bits per heavy atom. The second-order valence-electron chi connectivity index (χ2n) is 3.27. The first-order valence-electron chi connectivity index (χ1n) is 3.91. The van der Waals surface area contributed by atoms with Gasteiger partial charge in [-0.15, -0.1) is 0 Å². The molecule has 2 saturated heterocycles. The smallest absolute Gasteiger partial charge is 0.108 e. The lowest BCUT2D eigenvalue weighted by molar-refractivity contribution is 0.105. The van der Waals surface area contributed by atoms with Crippen molar-refractivity contribution in [2.45, 2.75) is 18.9 Å². The van der Waals surface area contributed by atoms with Crippen molar-refractivity contribution in [1.82, 2.24) is 0 Å². The molecule has 0 spiro atoms. The first-order chi connectivity index (χ1) is 4.95. The van der Waals surface area contributed by atoms with Crippen LogP contribution < -0.4 is 0 Å². The van der Waals surface area contributed by atoms with Gasteiger partial charge in [-0.25, -0.2) is 0 Å². The minimum atomic E-state index is 0.493. The molecule has 3 aliphatic heterocycles. The standard InChI is InChI=1S/C8H10O2/c1-2-8-6-4-9-3-5(6)7(1)10-8/h5,7H,1-4H2. The molecular formula is C8H10O2. The summed E-state index contributed by atoms with van der Waals surface area (Å²) in [5, 5.41) is 0. The van der Waals surface area contributed by atoms with Crippen molar-refractivity contribution in [2.24, 2.45) is 5.92 Å². The molecule has 2 bridgehead atoms. The van der Waals surface area contributed by atoms with E-state index in [9.17, 15) is 0 Å². The Bertz CT molecular complexity index is 207. The lowest BCUT2D eigenvalue weighted by Gasteiger charge is -2.10. The highest BCUT2D eigenvalue weighted by atomic mass is 16.5. The van der Waals surface area contributed by atoms with Crippen LogP contribution in [0.25, 0.3) is 0 Å². The van der Waals surface area contributed by atoms with Gasteiger partial charge in [-0.1, -0.05) is 0 Å². The first kappa shape index (κ1) is 5.19. The molecule has 2 nitrogen and oxygen atoms in total. The van der Waals surface area contributed by atoms with E-state index in [0.717, 1.165) is 13.2 Å². The summed E-state index contributed by atoms with van der Waals surface area (Å²) >= 11 is 0. The third-order valence-electron chi connectivity index (χ3n) is 2.76. The van der Waals surface area contributed by atoms with Crippen molar-refractivity contribution in [1.29, 1.82) is 0 Å². The number of allylic oxidation sites excluding steroid dienone is 1. The van der Waals surface area contributed by atoms with Crippen LogP contribution in [0.4, 0.5) is 0 Å². The average molecular weight is 138 g/mol. The zero-order chi connectivity index (χ0) is 6.55. The van der Waals surface area contributed by atoms with E-state index in [2.05, 4.69) is 0 Å². The zero-order valence-corrected chi connectivity index (χ0v) is 5.80. The molecule has 0 N–H and O–H groups in total. The van der Waals surface area contributed by atoms with Crippen LogP contribution in [0.15, 0.2) is 11.3 Å². The van der Waals surface area contributed by atoms with Crippen LogP contribution in [-0.2, 0) is 9.47 Å². The second-order valence-corrected chi connectivity index (χ2v) is 3.27. The second kappa shape index (κ2) is 1.56. The molecule has 2 atom stereocenters. The van der Waals surface area contributed by atoms with Gasteiger partial charge in [0.1, 0.15) is 6.10 Å². The maximum Gasteiger partial charge on any atom is 0.108 e. The number of hydrogen-bond acceptors (Lipinski definition) is 2. The van der Waals surface area contributed by atoms with Gasteiger partial charge in [0, 0.05) is 17.9 Å². The van der Waals surface area contributed by atoms with E-state index >= 15 is 0 Å². The number of fused-ring (bicyclic) bond motifs is 4. The van der Waals surface area contributed by atoms with E-state index in [-0.39, 0.29) is 0 Å². The zero-order valence-electron chi connectivity index (χ0n) is 5.80. The summed E-state index contributed by atoms with van der Waals surface area (Å²) in [7, 11) is 0. The van der Waals surface area contributed by atoms with Crippen LogP contribution >= 0.6 is 0 Å². The van der Waals surface area contributed by atoms with E-state index in [1.807, 2.05) is 0 Å². The van der Waals surface area contributed by atoms with Crippen molar-refractivity contribution in [3.05, 3.63) is 11.3 Å². The lowest BCUT2D eigenvalue weighted by atomic mass is 9.90. The molecular weight excluding hydrogens is 128 g/mol. The lowest BCUT2D eigenvalue weighted by Crippen LogP contribution is -2.17. The Kier molecular flexibility index (Phi) is 0.810. The molecule has 10 heavy (non-hydrogen) atoms. The molecule has 0 amide bonds. The Balaban J connectivity index is 2.09.